The molecule has 2 aromatic heterocycles. The van der Waals surface area contributed by atoms with Crippen molar-refractivity contribution in [3.8, 4) is 11.5 Å². The molecule has 0 amide bonds. The van der Waals surface area contributed by atoms with E-state index in [1.807, 2.05) is 59.2 Å². The molecule has 0 aliphatic carbocycles. The minimum atomic E-state index is -0.468. The van der Waals surface area contributed by atoms with E-state index in [4.69, 9.17) is 4.74 Å². The number of benzene rings is 2. The van der Waals surface area contributed by atoms with Gasteiger partial charge in [0.25, 0.3) is 5.56 Å². The Labute approximate surface area is 172 Å². The van der Waals surface area contributed by atoms with Crippen LogP contribution in [-0.2, 0) is 13.6 Å². The Morgan fingerprint density at radius 1 is 1.00 bits per heavy atom. The third-order valence-corrected chi connectivity index (χ3v) is 5.34. The fourth-order valence-electron chi connectivity index (χ4n) is 3.90. The lowest BCUT2D eigenvalue weighted by Crippen LogP contribution is -2.35. The summed E-state index contributed by atoms with van der Waals surface area (Å²) in [7, 11) is 1.61. The van der Waals surface area contributed by atoms with Gasteiger partial charge in [0, 0.05) is 25.8 Å². The van der Waals surface area contributed by atoms with Crippen molar-refractivity contribution in [3.63, 3.8) is 0 Å². The van der Waals surface area contributed by atoms with Crippen LogP contribution in [0.2, 0.25) is 0 Å². The molecule has 0 spiro atoms. The second kappa shape index (κ2) is 6.91. The molecule has 30 heavy (non-hydrogen) atoms. The third-order valence-electron chi connectivity index (χ3n) is 5.34. The first kappa shape index (κ1) is 18.2. The second-order valence-electron chi connectivity index (χ2n) is 7.64. The van der Waals surface area contributed by atoms with Crippen molar-refractivity contribution < 1.29 is 4.74 Å². The first-order chi connectivity index (χ1) is 14.5. The van der Waals surface area contributed by atoms with Crippen LogP contribution >= 0.6 is 0 Å². The maximum absolute atomic E-state index is 12.5. The van der Waals surface area contributed by atoms with E-state index in [1.165, 1.54) is 4.57 Å². The standard InChI is InChI=1S/C22H21N5O3/c1-14-12-26(15-8-10-17(11-9-15)30-16-6-4-3-5-7-16)21-23-19-18(27(21)13-14)20(28)24-22(29)25(19)2/h3-11,14H,12-13H2,1-2H3,(H,24,28,29)/t14-/m1/s1. The quantitative estimate of drug-likeness (QED) is 0.568. The zero-order valence-electron chi connectivity index (χ0n) is 16.7. The number of para-hydroxylation sites is 1. The van der Waals surface area contributed by atoms with Gasteiger partial charge in [-0.2, -0.15) is 4.98 Å². The summed E-state index contributed by atoms with van der Waals surface area (Å²) >= 11 is 0. The van der Waals surface area contributed by atoms with Gasteiger partial charge < -0.3 is 14.2 Å². The average Bonchev–Trinajstić information content (AvgIpc) is 3.13. The molecule has 0 fully saturated rings. The van der Waals surface area contributed by atoms with Gasteiger partial charge in [-0.25, -0.2) is 4.79 Å². The van der Waals surface area contributed by atoms with Crippen LogP contribution < -0.4 is 20.9 Å². The van der Waals surface area contributed by atoms with Crippen LogP contribution in [0.1, 0.15) is 6.92 Å². The number of nitrogens with zero attached hydrogens (tertiary/aromatic N) is 4. The Balaban J connectivity index is 1.56. The van der Waals surface area contributed by atoms with Gasteiger partial charge in [-0.1, -0.05) is 25.1 Å². The van der Waals surface area contributed by atoms with Crippen LogP contribution in [0.5, 0.6) is 11.5 Å². The van der Waals surface area contributed by atoms with Crippen molar-refractivity contribution in [2.24, 2.45) is 13.0 Å². The fraction of sp³-hybridized carbons (Fsp3) is 0.227. The van der Waals surface area contributed by atoms with Gasteiger partial charge in [-0.3, -0.25) is 14.3 Å². The van der Waals surface area contributed by atoms with E-state index in [0.717, 1.165) is 23.7 Å². The molecule has 4 aromatic rings. The van der Waals surface area contributed by atoms with Crippen molar-refractivity contribution >= 4 is 22.8 Å². The number of imidazole rings is 1. The predicted octanol–water partition coefficient (Wildman–Crippen LogP) is 3.00. The fourth-order valence-corrected chi connectivity index (χ4v) is 3.90. The number of aryl methyl sites for hydroxylation is 1. The maximum atomic E-state index is 12.5. The molecule has 0 radical (unpaired) electrons. The van der Waals surface area contributed by atoms with Crippen molar-refractivity contribution in [3.05, 3.63) is 75.4 Å². The van der Waals surface area contributed by atoms with Crippen LogP contribution in [0.3, 0.4) is 0 Å². The van der Waals surface area contributed by atoms with E-state index in [-0.39, 0.29) is 0 Å². The van der Waals surface area contributed by atoms with Gasteiger partial charge >= 0.3 is 5.69 Å². The van der Waals surface area contributed by atoms with E-state index in [2.05, 4.69) is 21.8 Å². The molecule has 1 aliphatic heterocycles. The Morgan fingerprint density at radius 3 is 2.43 bits per heavy atom. The van der Waals surface area contributed by atoms with E-state index in [1.54, 1.807) is 7.05 Å². The molecule has 1 aliphatic rings. The SMILES string of the molecule is C[C@@H]1CN(c2ccc(Oc3ccccc3)cc2)c2nc3c(c(=O)[nH]c(=O)n3C)n2C1. The number of fused-ring (bicyclic) bond motifs is 3. The average molecular weight is 403 g/mol. The van der Waals surface area contributed by atoms with Gasteiger partial charge in [0.15, 0.2) is 11.2 Å². The molecule has 0 saturated carbocycles. The number of hydrogen-bond donors (Lipinski definition) is 1. The summed E-state index contributed by atoms with van der Waals surface area (Å²) in [5, 5.41) is 0. The lowest BCUT2D eigenvalue weighted by molar-refractivity contribution is 0.458. The number of aromatic nitrogens is 4. The molecule has 0 unspecified atom stereocenters. The van der Waals surface area contributed by atoms with Crippen LogP contribution in [0, 0.1) is 5.92 Å². The van der Waals surface area contributed by atoms with Crippen LogP contribution in [-0.4, -0.2) is 25.6 Å². The molecule has 152 valence electrons. The zero-order chi connectivity index (χ0) is 20.8. The summed E-state index contributed by atoms with van der Waals surface area (Å²) in [5.74, 6) is 2.47. The van der Waals surface area contributed by atoms with Crippen molar-refractivity contribution in [1.29, 1.82) is 0 Å². The summed E-state index contributed by atoms with van der Waals surface area (Å²) in [5.41, 5.74) is 0.881. The molecule has 0 saturated heterocycles. The van der Waals surface area contributed by atoms with Crippen molar-refractivity contribution in [1.82, 2.24) is 19.1 Å². The van der Waals surface area contributed by atoms with E-state index >= 15 is 0 Å². The van der Waals surface area contributed by atoms with Gasteiger partial charge in [-0.15, -0.1) is 0 Å². The monoisotopic (exact) mass is 403 g/mol. The van der Waals surface area contributed by atoms with E-state index in [9.17, 15) is 9.59 Å². The van der Waals surface area contributed by atoms with Crippen molar-refractivity contribution in [2.45, 2.75) is 13.5 Å². The molecule has 2 aromatic carbocycles. The highest BCUT2D eigenvalue weighted by Crippen LogP contribution is 2.34. The molecular formula is C22H21N5O3. The second-order valence-corrected chi connectivity index (χ2v) is 7.64. The summed E-state index contributed by atoms with van der Waals surface area (Å²) in [6.07, 6.45) is 0. The highest BCUT2D eigenvalue weighted by atomic mass is 16.5. The lowest BCUT2D eigenvalue weighted by atomic mass is 10.1. The summed E-state index contributed by atoms with van der Waals surface area (Å²) in [6.45, 7) is 3.55. The van der Waals surface area contributed by atoms with E-state index in [0.29, 0.717) is 29.6 Å². The summed E-state index contributed by atoms with van der Waals surface area (Å²) in [4.78, 5) is 33.6. The zero-order valence-corrected chi connectivity index (χ0v) is 16.7. The normalized spacial score (nSPS) is 15.9. The highest BCUT2D eigenvalue weighted by Gasteiger charge is 2.28. The minimum Gasteiger partial charge on any atom is -0.457 e. The molecule has 8 heteroatoms. The summed E-state index contributed by atoms with van der Waals surface area (Å²) in [6, 6.07) is 17.4. The lowest BCUT2D eigenvalue weighted by Gasteiger charge is -2.33. The van der Waals surface area contributed by atoms with Gasteiger partial charge in [0.05, 0.1) is 0 Å². The Morgan fingerprint density at radius 2 is 1.70 bits per heavy atom. The van der Waals surface area contributed by atoms with Gasteiger partial charge in [0.2, 0.25) is 5.95 Å². The molecule has 3 heterocycles. The minimum absolute atomic E-state index is 0.298. The van der Waals surface area contributed by atoms with Crippen LogP contribution in [0.4, 0.5) is 11.6 Å². The van der Waals surface area contributed by atoms with Gasteiger partial charge in [0.1, 0.15) is 11.5 Å². The topological polar surface area (TPSA) is 85.2 Å². The smallest absolute Gasteiger partial charge is 0.329 e. The Hall–Kier alpha value is -3.81. The first-order valence-corrected chi connectivity index (χ1v) is 9.81. The third kappa shape index (κ3) is 2.97. The maximum Gasteiger partial charge on any atom is 0.329 e. The number of anilines is 2. The molecule has 1 N–H and O–H groups in total. The number of aromatic amines is 1. The van der Waals surface area contributed by atoms with E-state index < -0.39 is 11.2 Å². The number of ether oxygens (including phenoxy) is 1. The largest absolute Gasteiger partial charge is 0.457 e. The number of H-pyrrole nitrogens is 1. The molecule has 5 rings (SSSR count). The Kier molecular flexibility index (Phi) is 4.20. The predicted molar refractivity (Wildman–Crippen MR) is 115 cm³/mol. The summed E-state index contributed by atoms with van der Waals surface area (Å²) < 4.78 is 9.16. The molecule has 8 nitrogen and oxygen atoms in total. The van der Waals surface area contributed by atoms with Gasteiger partial charge in [-0.05, 0) is 42.3 Å². The first-order valence-electron chi connectivity index (χ1n) is 9.81. The van der Waals surface area contributed by atoms with Crippen LogP contribution in [0.15, 0.2) is 64.2 Å². The molecule has 1 atom stereocenters. The number of rotatable bonds is 3. The number of nitrogens with one attached hydrogen (secondary N) is 1. The van der Waals surface area contributed by atoms with Crippen LogP contribution in [0.25, 0.3) is 11.2 Å². The molecule has 0 bridgehead atoms. The molecular weight excluding hydrogens is 382 g/mol. The Bertz CT molecular complexity index is 1340. The number of hydrogen-bond acceptors (Lipinski definition) is 5. The highest BCUT2D eigenvalue weighted by molar-refractivity contribution is 5.77. The van der Waals surface area contributed by atoms with Crippen molar-refractivity contribution in [2.75, 3.05) is 11.4 Å².